The van der Waals surface area contributed by atoms with E-state index >= 15 is 0 Å². The van der Waals surface area contributed by atoms with Crippen LogP contribution >= 0.6 is 28.3 Å². The highest BCUT2D eigenvalue weighted by molar-refractivity contribution is 9.10. The summed E-state index contributed by atoms with van der Waals surface area (Å²) in [6, 6.07) is 5.51. The van der Waals surface area contributed by atoms with E-state index in [2.05, 4.69) is 33.1 Å². The molecule has 1 N–H and O–H groups in total. The van der Waals surface area contributed by atoms with Gasteiger partial charge in [-0.25, -0.2) is 4.39 Å². The van der Waals surface area contributed by atoms with Gasteiger partial charge in [0.25, 0.3) is 0 Å². The van der Waals surface area contributed by atoms with Crippen LogP contribution < -0.4 is 5.32 Å². The number of rotatable bonds is 6. The van der Waals surface area contributed by atoms with Crippen molar-refractivity contribution in [1.82, 2.24) is 10.2 Å². The second kappa shape index (κ2) is 9.78. The van der Waals surface area contributed by atoms with Gasteiger partial charge in [-0.05, 0) is 24.1 Å². The van der Waals surface area contributed by atoms with Crippen molar-refractivity contribution in [2.75, 3.05) is 26.2 Å². The zero-order chi connectivity index (χ0) is 14.4. The largest absolute Gasteiger partial charge is 0.314 e. The Morgan fingerprint density at radius 1 is 1.29 bits per heavy atom. The molecular weight excluding hydrogens is 355 g/mol. The van der Waals surface area contributed by atoms with Crippen LogP contribution in [0.25, 0.3) is 0 Å². The highest BCUT2D eigenvalue weighted by atomic mass is 79.9. The second-order valence-corrected chi connectivity index (χ2v) is 6.32. The van der Waals surface area contributed by atoms with Gasteiger partial charge < -0.3 is 5.32 Å². The summed E-state index contributed by atoms with van der Waals surface area (Å²) in [4.78, 5) is 2.53. The van der Waals surface area contributed by atoms with Crippen molar-refractivity contribution >= 4 is 28.3 Å². The number of nitrogens with zero attached hydrogens (tertiary/aromatic N) is 1. The first-order valence-electron chi connectivity index (χ1n) is 7.62. The Morgan fingerprint density at radius 3 is 2.62 bits per heavy atom. The summed E-state index contributed by atoms with van der Waals surface area (Å²) in [6.45, 7) is 6.46. The van der Waals surface area contributed by atoms with Gasteiger partial charge >= 0.3 is 0 Å². The molecule has 1 aliphatic rings. The first-order chi connectivity index (χ1) is 9.72. The van der Waals surface area contributed by atoms with Gasteiger partial charge in [0, 0.05) is 36.7 Å². The maximum absolute atomic E-state index is 13.3. The first kappa shape index (κ1) is 18.9. The van der Waals surface area contributed by atoms with Crippen molar-refractivity contribution in [3.8, 4) is 0 Å². The molecule has 0 aromatic heterocycles. The predicted octanol–water partition coefficient (Wildman–Crippen LogP) is 4.54. The number of benzene rings is 1. The van der Waals surface area contributed by atoms with Crippen molar-refractivity contribution in [2.24, 2.45) is 0 Å². The first-order valence-corrected chi connectivity index (χ1v) is 8.41. The Bertz CT molecular complexity index is 425. The van der Waals surface area contributed by atoms with Crippen LogP contribution in [0.5, 0.6) is 0 Å². The summed E-state index contributed by atoms with van der Waals surface area (Å²) < 4.78 is 14.2. The number of nitrogens with one attached hydrogen (secondary N) is 1. The van der Waals surface area contributed by atoms with E-state index in [9.17, 15) is 4.39 Å². The fourth-order valence-corrected chi connectivity index (χ4v) is 3.50. The molecule has 0 unspecified atom stereocenters. The molecule has 1 aromatic carbocycles. The topological polar surface area (TPSA) is 15.3 Å². The molecule has 1 atom stereocenters. The van der Waals surface area contributed by atoms with Gasteiger partial charge in [0.2, 0.25) is 0 Å². The average Bonchev–Trinajstić information content (AvgIpc) is 2.46. The fraction of sp³-hybridized carbons (Fsp3) is 0.625. The summed E-state index contributed by atoms with van der Waals surface area (Å²) >= 11 is 3.54. The highest BCUT2D eigenvalue weighted by Crippen LogP contribution is 2.32. The van der Waals surface area contributed by atoms with Gasteiger partial charge in [0.1, 0.15) is 5.82 Å². The molecule has 120 valence electrons. The van der Waals surface area contributed by atoms with E-state index in [1.807, 2.05) is 6.07 Å². The maximum Gasteiger partial charge on any atom is 0.124 e. The quantitative estimate of drug-likeness (QED) is 0.730. The molecule has 1 saturated heterocycles. The summed E-state index contributed by atoms with van der Waals surface area (Å²) in [5.41, 5.74) is 1.23. The van der Waals surface area contributed by atoms with Crippen LogP contribution in [0, 0.1) is 5.82 Å². The standard InChI is InChI=1S/C16H24BrFN2.ClH/c1-2-3-4-5-16(20-10-8-19-9-11-20)14-7-6-13(18)12-15(14)17;/h6-7,12,16,19H,2-5,8-11H2,1H3;1H/t16-;/m0./s1. The van der Waals surface area contributed by atoms with Crippen LogP contribution in [0.15, 0.2) is 22.7 Å². The third kappa shape index (κ3) is 5.51. The number of hydrogen-bond donors (Lipinski definition) is 1. The summed E-state index contributed by atoms with van der Waals surface area (Å²) in [5, 5.41) is 3.40. The number of piperazine rings is 1. The molecule has 1 aromatic rings. The van der Waals surface area contributed by atoms with Gasteiger partial charge in [-0.1, -0.05) is 48.2 Å². The molecule has 2 nitrogen and oxygen atoms in total. The molecule has 5 heteroatoms. The lowest BCUT2D eigenvalue weighted by molar-refractivity contribution is 0.162. The maximum atomic E-state index is 13.3. The van der Waals surface area contributed by atoms with Crippen LogP contribution in [-0.4, -0.2) is 31.1 Å². The molecule has 0 spiro atoms. The van der Waals surface area contributed by atoms with Gasteiger partial charge in [0.15, 0.2) is 0 Å². The second-order valence-electron chi connectivity index (χ2n) is 5.46. The van der Waals surface area contributed by atoms with E-state index in [0.29, 0.717) is 6.04 Å². The van der Waals surface area contributed by atoms with Gasteiger partial charge in [0.05, 0.1) is 0 Å². The minimum absolute atomic E-state index is 0. The van der Waals surface area contributed by atoms with Crippen molar-refractivity contribution in [1.29, 1.82) is 0 Å². The third-order valence-corrected chi connectivity index (χ3v) is 4.68. The SMILES string of the molecule is CCCCC[C@@H](c1ccc(F)cc1Br)N1CCNCC1.Cl. The van der Waals surface area contributed by atoms with E-state index in [4.69, 9.17) is 0 Å². The molecular formula is C16H25BrClFN2. The minimum Gasteiger partial charge on any atom is -0.314 e. The summed E-state index contributed by atoms with van der Waals surface area (Å²) in [5.74, 6) is -0.173. The Kier molecular flexibility index (Phi) is 8.79. The smallest absolute Gasteiger partial charge is 0.124 e. The number of halogens is 3. The van der Waals surface area contributed by atoms with E-state index in [0.717, 1.165) is 37.1 Å². The van der Waals surface area contributed by atoms with E-state index in [1.54, 1.807) is 12.1 Å². The lowest BCUT2D eigenvalue weighted by Gasteiger charge is -2.36. The summed E-state index contributed by atoms with van der Waals surface area (Å²) in [6.07, 6.45) is 4.88. The monoisotopic (exact) mass is 378 g/mol. The van der Waals surface area contributed by atoms with Crippen molar-refractivity contribution < 1.29 is 4.39 Å². The van der Waals surface area contributed by atoms with Gasteiger partial charge in [-0.15, -0.1) is 12.4 Å². The van der Waals surface area contributed by atoms with E-state index < -0.39 is 0 Å². The fourth-order valence-electron chi connectivity index (χ4n) is 2.89. The van der Waals surface area contributed by atoms with E-state index in [1.165, 1.54) is 24.8 Å². The molecule has 0 radical (unpaired) electrons. The van der Waals surface area contributed by atoms with Crippen LogP contribution in [0.2, 0.25) is 0 Å². The predicted molar refractivity (Wildman–Crippen MR) is 92.7 cm³/mol. The molecule has 1 fully saturated rings. The van der Waals surface area contributed by atoms with Crippen LogP contribution in [0.4, 0.5) is 4.39 Å². The molecule has 0 amide bonds. The Balaban J connectivity index is 0.00000220. The molecule has 1 heterocycles. The number of unbranched alkanes of at least 4 members (excludes halogenated alkanes) is 2. The summed E-state index contributed by atoms with van der Waals surface area (Å²) in [7, 11) is 0. The lowest BCUT2D eigenvalue weighted by Crippen LogP contribution is -2.45. The molecule has 21 heavy (non-hydrogen) atoms. The molecule has 0 saturated carbocycles. The van der Waals surface area contributed by atoms with Gasteiger partial charge in [-0.3, -0.25) is 4.90 Å². The van der Waals surface area contributed by atoms with Crippen molar-refractivity contribution in [3.63, 3.8) is 0 Å². The molecule has 0 bridgehead atoms. The van der Waals surface area contributed by atoms with Crippen molar-refractivity contribution in [3.05, 3.63) is 34.1 Å². The third-order valence-electron chi connectivity index (χ3n) is 3.99. The Hall–Kier alpha value is -0.160. The average molecular weight is 380 g/mol. The lowest BCUT2D eigenvalue weighted by atomic mass is 9.98. The molecule has 1 aliphatic heterocycles. The Labute approximate surface area is 142 Å². The van der Waals surface area contributed by atoms with Gasteiger partial charge in [-0.2, -0.15) is 0 Å². The van der Waals surface area contributed by atoms with E-state index in [-0.39, 0.29) is 18.2 Å². The number of hydrogen-bond acceptors (Lipinski definition) is 2. The molecule has 0 aliphatic carbocycles. The van der Waals surface area contributed by atoms with Crippen molar-refractivity contribution in [2.45, 2.75) is 38.6 Å². The highest BCUT2D eigenvalue weighted by Gasteiger charge is 2.23. The zero-order valence-corrected chi connectivity index (χ0v) is 15.0. The normalized spacial score (nSPS) is 17.3. The zero-order valence-electron chi connectivity index (χ0n) is 12.6. The Morgan fingerprint density at radius 2 is 2.00 bits per heavy atom. The van der Waals surface area contributed by atoms with Crippen LogP contribution in [0.1, 0.15) is 44.2 Å². The minimum atomic E-state index is -0.173. The molecule has 2 rings (SSSR count). The van der Waals surface area contributed by atoms with Crippen LogP contribution in [-0.2, 0) is 0 Å². The van der Waals surface area contributed by atoms with Crippen LogP contribution in [0.3, 0.4) is 0 Å².